The lowest BCUT2D eigenvalue weighted by Gasteiger charge is -2.32. The zero-order chi connectivity index (χ0) is 43.6. The Morgan fingerprint density at radius 1 is 0.684 bits per heavy atom. The van der Waals surface area contributed by atoms with Gasteiger partial charge in [-0.3, -0.25) is 38.4 Å². The molecule has 0 aromatic rings. The van der Waals surface area contributed by atoms with Crippen LogP contribution in [-0.2, 0) is 43.2 Å². The SMILES string of the molecule is CSCCC(N)C(=O)NC(CC(C)C)C(=O)NC(CC(C)C)C(=O)NC(C(=O)N1CCCC1C(=O)NC(CCC(=O)O)C(=O)NC(CCC(=O)O)C(=O)O)C(C)O. The Labute approximate surface area is 336 Å². The quantitative estimate of drug-likeness (QED) is 0.0488. The fraction of sp³-hybridized carbons (Fsp3) is 0.750. The van der Waals surface area contributed by atoms with Gasteiger partial charge < -0.3 is 57.6 Å². The lowest BCUT2D eigenvalue weighted by atomic mass is 9.99. The number of nitrogens with zero attached hydrogens (tertiary/aromatic N) is 1. The number of carboxylic acid groups (broad SMARTS) is 3. The fourth-order valence-corrected chi connectivity index (χ4v) is 6.55. The van der Waals surface area contributed by atoms with E-state index in [1.54, 1.807) is 13.8 Å². The number of nitrogens with two attached hydrogens (primary N) is 1. The number of aliphatic hydroxyl groups excluding tert-OH is 1. The minimum Gasteiger partial charge on any atom is -0.481 e. The Morgan fingerprint density at radius 3 is 1.63 bits per heavy atom. The Balaban J connectivity index is 3.25. The number of carbonyl (C=O) groups is 9. The van der Waals surface area contributed by atoms with Crippen molar-refractivity contribution in [3.63, 3.8) is 0 Å². The first-order valence-corrected chi connectivity index (χ1v) is 20.4. The summed E-state index contributed by atoms with van der Waals surface area (Å²) in [6.07, 6.45) is -0.681. The van der Waals surface area contributed by atoms with Gasteiger partial charge in [0, 0.05) is 19.4 Å². The summed E-state index contributed by atoms with van der Waals surface area (Å²) in [6, 6.07) is -9.17. The van der Waals surface area contributed by atoms with Crippen LogP contribution in [0.1, 0.15) is 92.4 Å². The lowest BCUT2D eigenvalue weighted by molar-refractivity contribution is -0.146. The van der Waals surface area contributed by atoms with Gasteiger partial charge in [-0.2, -0.15) is 11.8 Å². The van der Waals surface area contributed by atoms with Crippen LogP contribution in [-0.4, -0.2) is 146 Å². The Morgan fingerprint density at radius 2 is 1.16 bits per heavy atom. The number of thioether (sulfide) groups is 1. The number of carbonyl (C=O) groups excluding carboxylic acids is 6. The molecule has 0 saturated carbocycles. The molecule has 1 fully saturated rings. The number of aliphatic carboxylic acids is 3. The topological polar surface area (TPSA) is 324 Å². The van der Waals surface area contributed by atoms with Crippen LogP contribution >= 0.6 is 11.8 Å². The minimum atomic E-state index is -1.66. The van der Waals surface area contributed by atoms with Gasteiger partial charge in [0.25, 0.3) is 0 Å². The average molecular weight is 832 g/mol. The van der Waals surface area contributed by atoms with Crippen LogP contribution in [0.15, 0.2) is 0 Å². The number of amides is 6. The van der Waals surface area contributed by atoms with Crippen LogP contribution in [0.3, 0.4) is 0 Å². The molecule has 0 radical (unpaired) electrons. The molecule has 21 heteroatoms. The second-order valence-electron chi connectivity index (χ2n) is 15.0. The lowest BCUT2D eigenvalue weighted by Crippen LogP contribution is -2.61. The maximum Gasteiger partial charge on any atom is 0.326 e. The Kier molecular flexibility index (Phi) is 22.1. The molecule has 0 bridgehead atoms. The molecular formula is C36H61N7O13S. The van der Waals surface area contributed by atoms with E-state index in [1.807, 2.05) is 20.1 Å². The number of aliphatic hydroxyl groups is 1. The van der Waals surface area contributed by atoms with Crippen LogP contribution in [0.4, 0.5) is 0 Å². The summed E-state index contributed by atoms with van der Waals surface area (Å²) in [6.45, 7) is 8.56. The van der Waals surface area contributed by atoms with Crippen molar-refractivity contribution >= 4 is 65.1 Å². The molecule has 1 saturated heterocycles. The van der Waals surface area contributed by atoms with E-state index in [9.17, 15) is 58.5 Å². The van der Waals surface area contributed by atoms with E-state index >= 15 is 0 Å². The standard InChI is InChI=1S/C36H61N7O13S/c1-18(2)16-24(40-30(49)21(37)13-15-57-6)32(51)41-25(17-19(3)4)33(52)42-29(20(5)44)35(54)43-14-7-8-26(43)34(53)38-22(9-11-27(45)46)31(50)39-23(36(55)56)10-12-28(47)48/h18-26,29,44H,7-17,37H2,1-6H3,(H,38,53)(H,39,50)(H,40,49)(H,41,51)(H,42,52)(H,45,46)(H,47,48)(H,55,56). The molecule has 11 N–H and O–H groups in total. The van der Waals surface area contributed by atoms with Crippen molar-refractivity contribution in [3.8, 4) is 0 Å². The number of nitrogens with one attached hydrogen (secondary N) is 5. The van der Waals surface area contributed by atoms with Gasteiger partial charge in [-0.1, -0.05) is 27.7 Å². The highest BCUT2D eigenvalue weighted by atomic mass is 32.2. The van der Waals surface area contributed by atoms with Crippen molar-refractivity contribution in [3.05, 3.63) is 0 Å². The van der Waals surface area contributed by atoms with Crippen LogP contribution in [0.5, 0.6) is 0 Å². The van der Waals surface area contributed by atoms with Gasteiger partial charge in [-0.15, -0.1) is 0 Å². The molecule has 0 aromatic carbocycles. The summed E-state index contributed by atoms with van der Waals surface area (Å²) < 4.78 is 0. The highest BCUT2D eigenvalue weighted by molar-refractivity contribution is 7.98. The molecule has 57 heavy (non-hydrogen) atoms. The molecular weight excluding hydrogens is 770 g/mol. The zero-order valence-corrected chi connectivity index (χ0v) is 34.3. The summed E-state index contributed by atoms with van der Waals surface area (Å²) in [5, 5.41) is 50.7. The van der Waals surface area contributed by atoms with Crippen molar-refractivity contribution in [1.29, 1.82) is 0 Å². The third kappa shape index (κ3) is 18.1. The van der Waals surface area contributed by atoms with E-state index < -0.39 is 127 Å². The summed E-state index contributed by atoms with van der Waals surface area (Å²) >= 11 is 1.52. The summed E-state index contributed by atoms with van der Waals surface area (Å²) in [4.78, 5) is 116. The number of hydrogen-bond acceptors (Lipinski definition) is 12. The molecule has 8 unspecified atom stereocenters. The predicted octanol–water partition coefficient (Wildman–Crippen LogP) is -1.23. The molecule has 324 valence electrons. The smallest absolute Gasteiger partial charge is 0.326 e. The molecule has 0 aliphatic carbocycles. The normalized spacial score (nSPS) is 17.6. The molecule has 1 aliphatic heterocycles. The molecule has 1 heterocycles. The highest BCUT2D eigenvalue weighted by Crippen LogP contribution is 2.21. The van der Waals surface area contributed by atoms with Crippen molar-refractivity contribution in [2.45, 2.75) is 141 Å². The molecule has 6 amide bonds. The third-order valence-corrected chi connectivity index (χ3v) is 9.72. The maximum absolute atomic E-state index is 13.9. The van der Waals surface area contributed by atoms with E-state index in [4.69, 9.17) is 10.8 Å². The van der Waals surface area contributed by atoms with Crippen molar-refractivity contribution in [1.82, 2.24) is 31.5 Å². The molecule has 20 nitrogen and oxygen atoms in total. The fourth-order valence-electron chi connectivity index (χ4n) is 6.06. The maximum atomic E-state index is 13.9. The van der Waals surface area contributed by atoms with E-state index in [0.717, 1.165) is 4.90 Å². The minimum absolute atomic E-state index is 0.0000946. The van der Waals surface area contributed by atoms with Gasteiger partial charge in [0.05, 0.1) is 12.1 Å². The monoisotopic (exact) mass is 831 g/mol. The third-order valence-electron chi connectivity index (χ3n) is 9.08. The van der Waals surface area contributed by atoms with Crippen LogP contribution in [0.2, 0.25) is 0 Å². The van der Waals surface area contributed by atoms with E-state index in [2.05, 4.69) is 26.6 Å². The molecule has 1 rings (SSSR count). The number of rotatable bonds is 26. The number of likely N-dealkylation sites (tertiary alicyclic amines) is 1. The van der Waals surface area contributed by atoms with Gasteiger partial charge >= 0.3 is 17.9 Å². The van der Waals surface area contributed by atoms with Gasteiger partial charge in [-0.25, -0.2) is 4.79 Å². The van der Waals surface area contributed by atoms with Crippen LogP contribution in [0.25, 0.3) is 0 Å². The van der Waals surface area contributed by atoms with Crippen LogP contribution in [0, 0.1) is 11.8 Å². The summed E-state index contributed by atoms with van der Waals surface area (Å²) in [5.41, 5.74) is 6.02. The predicted molar refractivity (Wildman–Crippen MR) is 207 cm³/mol. The first-order valence-electron chi connectivity index (χ1n) is 19.0. The van der Waals surface area contributed by atoms with Gasteiger partial charge in [0.1, 0.15) is 36.3 Å². The second kappa shape index (κ2) is 25.0. The van der Waals surface area contributed by atoms with Gasteiger partial charge in [0.2, 0.25) is 35.4 Å². The highest BCUT2D eigenvalue weighted by Gasteiger charge is 2.41. The van der Waals surface area contributed by atoms with Crippen molar-refractivity contribution in [2.24, 2.45) is 17.6 Å². The van der Waals surface area contributed by atoms with Gasteiger partial charge in [0.15, 0.2) is 0 Å². The van der Waals surface area contributed by atoms with E-state index in [-0.39, 0.29) is 37.6 Å². The number of carboxylic acids is 3. The molecule has 1 aliphatic rings. The molecule has 0 spiro atoms. The Bertz CT molecular complexity index is 1430. The first kappa shape index (κ1) is 50.5. The van der Waals surface area contributed by atoms with Crippen molar-refractivity contribution in [2.75, 3.05) is 18.6 Å². The van der Waals surface area contributed by atoms with Crippen molar-refractivity contribution < 1.29 is 63.6 Å². The molecule has 8 atom stereocenters. The van der Waals surface area contributed by atoms with Gasteiger partial charge in [-0.05, 0) is 75.7 Å². The largest absolute Gasteiger partial charge is 0.481 e. The van der Waals surface area contributed by atoms with Crippen LogP contribution < -0.4 is 32.3 Å². The summed E-state index contributed by atoms with van der Waals surface area (Å²) in [7, 11) is 0. The number of hydrogen-bond donors (Lipinski definition) is 10. The molecule has 0 aromatic heterocycles. The average Bonchev–Trinajstić information content (AvgIpc) is 3.61. The first-order chi connectivity index (χ1) is 26.6. The van der Waals surface area contributed by atoms with E-state index in [1.165, 1.54) is 18.7 Å². The van der Waals surface area contributed by atoms with E-state index in [0.29, 0.717) is 18.6 Å². The zero-order valence-electron chi connectivity index (χ0n) is 33.4. The second-order valence-corrected chi connectivity index (χ2v) is 16.0. The summed E-state index contributed by atoms with van der Waals surface area (Å²) in [5.74, 6) is -8.55. The Hall–Kier alpha value is -4.50.